The van der Waals surface area contributed by atoms with E-state index in [0.29, 0.717) is 6.04 Å². The maximum absolute atomic E-state index is 4.66. The van der Waals surface area contributed by atoms with Gasteiger partial charge in [0.2, 0.25) is 5.95 Å². The molecule has 1 aromatic heterocycles. The lowest BCUT2D eigenvalue weighted by atomic mass is 9.80. The highest BCUT2D eigenvalue weighted by Crippen LogP contribution is 2.38. The molecule has 3 unspecified atom stereocenters. The first-order valence-corrected chi connectivity index (χ1v) is 7.91. The van der Waals surface area contributed by atoms with E-state index in [4.69, 9.17) is 0 Å². The predicted octanol–water partition coefficient (Wildman–Crippen LogP) is 4.40. The highest BCUT2D eigenvalue weighted by atomic mass is 15.2. The number of rotatable bonds is 5. The number of hydrogen-bond donors (Lipinski definition) is 1. The van der Waals surface area contributed by atoms with Crippen molar-refractivity contribution in [1.82, 2.24) is 9.55 Å². The van der Waals surface area contributed by atoms with Crippen LogP contribution in [0.4, 0.5) is 5.95 Å². The number of imidazole rings is 1. The minimum Gasteiger partial charge on any atom is -0.356 e. The number of nitrogens with one attached hydrogen (secondary N) is 1. The Hall–Kier alpha value is -0.990. The van der Waals surface area contributed by atoms with Crippen LogP contribution in [0.2, 0.25) is 0 Å². The first-order valence-electron chi connectivity index (χ1n) is 7.91. The second-order valence-electron chi connectivity index (χ2n) is 6.36. The van der Waals surface area contributed by atoms with Crippen molar-refractivity contribution in [2.75, 3.05) is 11.9 Å². The molecule has 19 heavy (non-hydrogen) atoms. The molecule has 3 nitrogen and oxygen atoms in total. The number of hydrogen-bond acceptors (Lipinski definition) is 2. The molecule has 1 N–H and O–H groups in total. The fourth-order valence-electron chi connectivity index (χ4n) is 3.34. The number of unbranched alkanes of at least 4 members (excludes halogenated alkanes) is 1. The van der Waals surface area contributed by atoms with E-state index in [0.717, 1.165) is 30.0 Å². The van der Waals surface area contributed by atoms with Crippen LogP contribution in [0.3, 0.4) is 0 Å². The minimum atomic E-state index is 0.626. The van der Waals surface area contributed by atoms with Crippen molar-refractivity contribution in [2.45, 2.75) is 65.8 Å². The molecular formula is C16H29N3. The van der Waals surface area contributed by atoms with Gasteiger partial charge in [0, 0.05) is 18.8 Å². The Bertz CT molecular complexity index is 397. The molecule has 0 aromatic carbocycles. The number of nitrogens with zero attached hydrogens (tertiary/aromatic N) is 2. The quantitative estimate of drug-likeness (QED) is 0.798. The van der Waals surface area contributed by atoms with Crippen LogP contribution in [0.15, 0.2) is 6.20 Å². The van der Waals surface area contributed by atoms with Crippen LogP contribution >= 0.6 is 0 Å². The Balaban J connectivity index is 2.10. The van der Waals surface area contributed by atoms with Crippen molar-refractivity contribution in [1.29, 1.82) is 0 Å². The van der Waals surface area contributed by atoms with Gasteiger partial charge in [0.1, 0.15) is 0 Å². The van der Waals surface area contributed by atoms with Crippen LogP contribution < -0.4 is 5.32 Å². The average molecular weight is 263 g/mol. The van der Waals surface area contributed by atoms with Crippen molar-refractivity contribution >= 4 is 5.95 Å². The average Bonchev–Trinajstić information content (AvgIpc) is 2.71. The van der Waals surface area contributed by atoms with Crippen LogP contribution in [0, 0.1) is 18.8 Å². The van der Waals surface area contributed by atoms with E-state index in [1.165, 1.54) is 32.1 Å². The van der Waals surface area contributed by atoms with Crippen molar-refractivity contribution in [3.63, 3.8) is 0 Å². The summed E-state index contributed by atoms with van der Waals surface area (Å²) in [4.78, 5) is 4.66. The summed E-state index contributed by atoms with van der Waals surface area (Å²) in [5, 5.41) is 3.52. The Morgan fingerprint density at radius 1 is 1.37 bits per heavy atom. The van der Waals surface area contributed by atoms with Crippen LogP contribution in [-0.2, 0) is 0 Å². The van der Waals surface area contributed by atoms with Gasteiger partial charge < -0.3 is 9.88 Å². The molecular weight excluding hydrogens is 234 g/mol. The van der Waals surface area contributed by atoms with Gasteiger partial charge in [-0.1, -0.05) is 27.2 Å². The lowest BCUT2D eigenvalue weighted by molar-refractivity contribution is 0.209. The fourth-order valence-corrected chi connectivity index (χ4v) is 3.34. The van der Waals surface area contributed by atoms with Crippen molar-refractivity contribution in [3.8, 4) is 0 Å². The molecule has 0 bridgehead atoms. The molecule has 1 aliphatic carbocycles. The zero-order valence-corrected chi connectivity index (χ0v) is 12.9. The number of anilines is 1. The van der Waals surface area contributed by atoms with E-state index in [9.17, 15) is 0 Å². The van der Waals surface area contributed by atoms with E-state index >= 15 is 0 Å². The summed E-state index contributed by atoms with van der Waals surface area (Å²) in [6.45, 7) is 10.1. The van der Waals surface area contributed by atoms with Gasteiger partial charge in [-0.2, -0.15) is 0 Å². The molecule has 1 aliphatic rings. The molecule has 0 amide bonds. The molecule has 3 atom stereocenters. The Labute approximate surface area is 117 Å². The van der Waals surface area contributed by atoms with Gasteiger partial charge in [-0.05, 0) is 44.4 Å². The highest BCUT2D eigenvalue weighted by molar-refractivity contribution is 5.29. The number of aryl methyl sites for hydroxylation is 1. The molecule has 1 aromatic rings. The topological polar surface area (TPSA) is 29.9 Å². The molecule has 1 fully saturated rings. The maximum atomic E-state index is 4.66. The Morgan fingerprint density at radius 3 is 2.84 bits per heavy atom. The highest BCUT2D eigenvalue weighted by Gasteiger charge is 2.28. The van der Waals surface area contributed by atoms with Gasteiger partial charge in [-0.3, -0.25) is 0 Å². The van der Waals surface area contributed by atoms with Gasteiger partial charge in [0.05, 0.1) is 5.69 Å². The molecule has 0 radical (unpaired) electrons. The molecule has 0 spiro atoms. The van der Waals surface area contributed by atoms with E-state index in [1.807, 2.05) is 0 Å². The summed E-state index contributed by atoms with van der Waals surface area (Å²) in [6, 6.07) is 0.626. The van der Waals surface area contributed by atoms with Crippen molar-refractivity contribution < 1.29 is 0 Å². The van der Waals surface area contributed by atoms with E-state index in [2.05, 4.69) is 48.8 Å². The Kier molecular flexibility index (Phi) is 4.89. The third kappa shape index (κ3) is 3.52. The van der Waals surface area contributed by atoms with Crippen LogP contribution in [0.1, 0.15) is 64.6 Å². The smallest absolute Gasteiger partial charge is 0.203 e. The largest absolute Gasteiger partial charge is 0.356 e. The van der Waals surface area contributed by atoms with Crippen molar-refractivity contribution in [2.24, 2.45) is 11.8 Å². The van der Waals surface area contributed by atoms with Gasteiger partial charge >= 0.3 is 0 Å². The fraction of sp³-hybridized carbons (Fsp3) is 0.812. The third-order valence-electron chi connectivity index (χ3n) is 4.41. The standard InChI is InChI=1S/C16H29N3/c1-5-6-9-17-16-18-14(4)11-19(16)15-8-7-12(2)10-13(15)3/h11-13,15H,5-10H2,1-4H3,(H,17,18). The van der Waals surface area contributed by atoms with Crippen LogP contribution in [-0.4, -0.2) is 16.1 Å². The lowest BCUT2D eigenvalue weighted by Crippen LogP contribution is -2.25. The molecule has 0 saturated heterocycles. The second kappa shape index (κ2) is 6.44. The SMILES string of the molecule is CCCCNc1nc(C)cn1C1CCC(C)CC1C. The summed E-state index contributed by atoms with van der Waals surface area (Å²) in [5.41, 5.74) is 1.13. The minimum absolute atomic E-state index is 0.626. The molecule has 3 heteroatoms. The first-order chi connectivity index (χ1) is 9.11. The summed E-state index contributed by atoms with van der Waals surface area (Å²) < 4.78 is 2.40. The van der Waals surface area contributed by atoms with Gasteiger partial charge in [-0.25, -0.2) is 4.98 Å². The predicted molar refractivity (Wildman–Crippen MR) is 81.6 cm³/mol. The molecule has 1 saturated carbocycles. The first kappa shape index (κ1) is 14.4. The zero-order chi connectivity index (χ0) is 13.8. The number of aromatic nitrogens is 2. The lowest BCUT2D eigenvalue weighted by Gasteiger charge is -2.34. The molecule has 108 valence electrons. The molecule has 0 aliphatic heterocycles. The maximum Gasteiger partial charge on any atom is 0.203 e. The van der Waals surface area contributed by atoms with Gasteiger partial charge in [0.15, 0.2) is 0 Å². The van der Waals surface area contributed by atoms with Gasteiger partial charge in [-0.15, -0.1) is 0 Å². The van der Waals surface area contributed by atoms with E-state index in [1.54, 1.807) is 0 Å². The van der Waals surface area contributed by atoms with Gasteiger partial charge in [0.25, 0.3) is 0 Å². The third-order valence-corrected chi connectivity index (χ3v) is 4.41. The van der Waals surface area contributed by atoms with Crippen molar-refractivity contribution in [3.05, 3.63) is 11.9 Å². The van der Waals surface area contributed by atoms with Crippen LogP contribution in [0.25, 0.3) is 0 Å². The van der Waals surface area contributed by atoms with E-state index < -0.39 is 0 Å². The molecule has 2 rings (SSSR count). The second-order valence-corrected chi connectivity index (χ2v) is 6.36. The zero-order valence-electron chi connectivity index (χ0n) is 12.9. The normalized spacial score (nSPS) is 27.5. The summed E-state index contributed by atoms with van der Waals surface area (Å²) in [6.07, 6.45) is 8.65. The summed E-state index contributed by atoms with van der Waals surface area (Å²) >= 11 is 0. The monoisotopic (exact) mass is 263 g/mol. The Morgan fingerprint density at radius 2 is 2.16 bits per heavy atom. The summed E-state index contributed by atoms with van der Waals surface area (Å²) in [5.74, 6) is 2.72. The molecule has 1 heterocycles. The summed E-state index contributed by atoms with van der Waals surface area (Å²) in [7, 11) is 0. The van der Waals surface area contributed by atoms with Crippen LogP contribution in [0.5, 0.6) is 0 Å². The van der Waals surface area contributed by atoms with E-state index in [-0.39, 0.29) is 0 Å².